The molecular formula is C20H38BIN2O4SSi. The summed E-state index contributed by atoms with van der Waals surface area (Å²) >= 11 is 6.38. The first kappa shape index (κ1) is 26.2. The van der Waals surface area contributed by atoms with Crippen LogP contribution in [0.15, 0.2) is 20.1 Å². The zero-order valence-electron chi connectivity index (χ0n) is 20.7. The van der Waals surface area contributed by atoms with Crippen LogP contribution in [0.2, 0.25) is 18.1 Å². The smallest absolute Gasteiger partial charge is 0.339 e. The molecular weight excluding hydrogens is 530 g/mol. The summed E-state index contributed by atoms with van der Waals surface area (Å²) in [6.45, 7) is 14.1. The van der Waals surface area contributed by atoms with Gasteiger partial charge in [0.15, 0.2) is 14.4 Å². The maximum absolute atomic E-state index is 7.99. The first-order chi connectivity index (χ1) is 14.3. The Bertz CT molecular complexity index is 674. The molecule has 0 N–H and O–H groups in total. The lowest BCUT2D eigenvalue weighted by Gasteiger charge is -2.42. The van der Waals surface area contributed by atoms with E-state index in [1.165, 1.54) is 0 Å². The molecule has 0 spiro atoms. The Hall–Kier alpha value is -0.0382. The summed E-state index contributed by atoms with van der Waals surface area (Å²) in [6, 6.07) is -0.819. The molecule has 0 bridgehead atoms. The van der Waals surface area contributed by atoms with Crippen molar-refractivity contribution in [3.05, 3.63) is 10.2 Å². The standard InChI is InChI=1S/C20H38BIN2O4SSi/c1-13(2)15-18(25-6)24-16(19(23-15)26-7)17(27-21-29)14(11-10-12-22)28-30(8,9)20(3,4)5/h10,12-17,21,29H,11H2,1-9H3/b12-10+/t14-,15-,16+,17+/m1/s1/i21T. The van der Waals surface area contributed by atoms with Crippen LogP contribution in [0, 0.1) is 5.92 Å². The Labute approximate surface area is 204 Å². The van der Waals surface area contributed by atoms with Crippen molar-refractivity contribution in [2.75, 3.05) is 14.2 Å². The van der Waals surface area contributed by atoms with E-state index in [9.17, 15) is 0 Å². The van der Waals surface area contributed by atoms with Gasteiger partial charge in [0.2, 0.25) is 11.8 Å². The number of ether oxygens (including phenoxy) is 2. The second-order valence-corrected chi connectivity index (χ2v) is 14.9. The van der Waals surface area contributed by atoms with E-state index in [0.717, 1.165) is 0 Å². The quantitative estimate of drug-likeness (QED) is 0.246. The molecule has 0 saturated carbocycles. The molecule has 1 rings (SSSR count). The molecule has 0 fully saturated rings. The molecule has 0 unspecified atom stereocenters. The van der Waals surface area contributed by atoms with E-state index in [4.69, 9.17) is 29.9 Å². The van der Waals surface area contributed by atoms with Crippen molar-refractivity contribution in [1.29, 1.82) is 1.34 Å². The highest BCUT2D eigenvalue weighted by molar-refractivity contribution is 14.1. The zero-order chi connectivity index (χ0) is 24.0. The molecule has 172 valence electrons. The highest BCUT2D eigenvalue weighted by Crippen LogP contribution is 2.39. The normalized spacial score (nSPS) is 23.0. The van der Waals surface area contributed by atoms with Gasteiger partial charge in [-0.3, -0.25) is 0 Å². The third kappa shape index (κ3) is 7.25. The minimum absolute atomic E-state index is 0.0135. The van der Waals surface area contributed by atoms with Crippen LogP contribution < -0.4 is 0 Å². The van der Waals surface area contributed by atoms with E-state index >= 15 is 0 Å². The Morgan fingerprint density at radius 2 is 1.73 bits per heavy atom. The van der Waals surface area contributed by atoms with Crippen LogP contribution in [-0.4, -0.2) is 66.7 Å². The summed E-state index contributed by atoms with van der Waals surface area (Å²) in [5.41, 5.74) is 0. The second-order valence-electron chi connectivity index (χ2n) is 9.20. The average Bonchev–Trinajstić information content (AvgIpc) is 2.67. The molecule has 0 aromatic carbocycles. The van der Waals surface area contributed by atoms with E-state index in [0.29, 0.717) is 18.2 Å². The lowest BCUT2D eigenvalue weighted by Crippen LogP contribution is -2.53. The Morgan fingerprint density at radius 1 is 1.20 bits per heavy atom. The van der Waals surface area contributed by atoms with Crippen molar-refractivity contribution in [2.45, 2.75) is 83.5 Å². The van der Waals surface area contributed by atoms with Gasteiger partial charge in [0, 0.05) is 1.34 Å². The number of nitrogens with zero attached hydrogens (tertiary/aromatic N) is 2. The van der Waals surface area contributed by atoms with Crippen LogP contribution in [0.1, 0.15) is 41.0 Å². The second kappa shape index (κ2) is 12.3. The fourth-order valence-electron chi connectivity index (χ4n) is 2.96. The summed E-state index contributed by atoms with van der Waals surface area (Å²) in [5, 5.41) is 0.0135. The van der Waals surface area contributed by atoms with Gasteiger partial charge in [-0.25, -0.2) is 9.98 Å². The highest BCUT2D eigenvalue weighted by Gasteiger charge is 2.44. The summed E-state index contributed by atoms with van der Waals surface area (Å²) in [5.74, 6) is 1.19. The Kier molecular flexibility index (Phi) is 10.7. The summed E-state index contributed by atoms with van der Waals surface area (Å²) in [7, 11) is 1.04. The predicted molar refractivity (Wildman–Crippen MR) is 142 cm³/mol. The first-order valence-corrected chi connectivity index (χ1v) is 14.9. The average molecular weight is 570 g/mol. The molecule has 1 heterocycles. The number of halogens is 1. The largest absolute Gasteiger partial charge is 0.483 e. The fraction of sp³-hybridized carbons (Fsp3) is 0.800. The van der Waals surface area contributed by atoms with E-state index in [1.54, 1.807) is 14.2 Å². The summed E-state index contributed by atoms with van der Waals surface area (Å²) < 4.78 is 34.0. The maximum atomic E-state index is 7.99. The number of aliphatic imine (C=N–C) groups is 2. The molecule has 0 radical (unpaired) electrons. The summed E-state index contributed by atoms with van der Waals surface area (Å²) in [6.07, 6.45) is 1.68. The van der Waals surface area contributed by atoms with Gasteiger partial charge in [-0.15, -0.1) is 0 Å². The van der Waals surface area contributed by atoms with Gasteiger partial charge < -0.3 is 18.6 Å². The highest BCUT2D eigenvalue weighted by atomic mass is 127. The van der Waals surface area contributed by atoms with Gasteiger partial charge in [-0.1, -0.05) is 63.3 Å². The molecule has 4 atom stereocenters. The van der Waals surface area contributed by atoms with Gasteiger partial charge in [0.1, 0.15) is 6.04 Å². The monoisotopic (exact) mass is 570 g/mol. The minimum atomic E-state index is -2.15. The van der Waals surface area contributed by atoms with Gasteiger partial charge in [-0.2, -0.15) is 12.5 Å². The molecule has 0 saturated heterocycles. The van der Waals surface area contributed by atoms with Crippen molar-refractivity contribution in [3.8, 4) is 0 Å². The number of rotatable bonds is 9. The van der Waals surface area contributed by atoms with Crippen LogP contribution in [-0.2, 0) is 18.6 Å². The number of methoxy groups -OCH3 is 2. The lowest BCUT2D eigenvalue weighted by atomic mass is 9.98. The third-order valence-corrected chi connectivity index (χ3v) is 10.8. The molecule has 0 amide bonds. The molecule has 1 aliphatic heterocycles. The zero-order valence-corrected chi connectivity index (χ0v) is 23.7. The predicted octanol–water partition coefficient (Wildman–Crippen LogP) is 4.79. The first-order valence-electron chi connectivity index (χ1n) is 10.8. The van der Waals surface area contributed by atoms with E-state index < -0.39 is 27.2 Å². The maximum Gasteiger partial charge on any atom is 0.339 e. The molecule has 30 heavy (non-hydrogen) atoms. The van der Waals surface area contributed by atoms with E-state index in [-0.39, 0.29) is 23.1 Å². The molecule has 0 aliphatic carbocycles. The summed E-state index contributed by atoms with van der Waals surface area (Å²) in [4.78, 5) is 9.61. The van der Waals surface area contributed by atoms with Crippen molar-refractivity contribution >= 4 is 61.9 Å². The van der Waals surface area contributed by atoms with Gasteiger partial charge >= 0.3 is 6.72 Å². The van der Waals surface area contributed by atoms with Crippen molar-refractivity contribution in [2.24, 2.45) is 15.9 Å². The number of thiol groups is 1. The van der Waals surface area contributed by atoms with E-state index in [1.807, 2.05) is 10.2 Å². The number of hydrogen-bond acceptors (Lipinski definition) is 7. The fourth-order valence-corrected chi connectivity index (χ4v) is 4.73. The number of hydrogen-bond donors (Lipinski definition) is 1. The van der Waals surface area contributed by atoms with Crippen molar-refractivity contribution in [1.82, 2.24) is 0 Å². The van der Waals surface area contributed by atoms with Crippen LogP contribution >= 0.6 is 35.1 Å². The molecule has 0 aromatic heterocycles. The molecule has 6 nitrogen and oxygen atoms in total. The van der Waals surface area contributed by atoms with Crippen LogP contribution in [0.3, 0.4) is 0 Å². The van der Waals surface area contributed by atoms with Crippen molar-refractivity contribution < 1.29 is 18.6 Å². The van der Waals surface area contributed by atoms with Crippen LogP contribution in [0.25, 0.3) is 0 Å². The molecule has 1 aliphatic rings. The van der Waals surface area contributed by atoms with Gasteiger partial charge in [-0.05, 0) is 34.6 Å². The minimum Gasteiger partial charge on any atom is -0.483 e. The molecule has 0 aromatic rings. The Balaban J connectivity index is 3.48. The van der Waals surface area contributed by atoms with Crippen LogP contribution in [0.4, 0.5) is 0 Å². The molecule has 10 heteroatoms. The Morgan fingerprint density at radius 3 is 2.17 bits per heavy atom. The lowest BCUT2D eigenvalue weighted by molar-refractivity contribution is 0.0424. The van der Waals surface area contributed by atoms with Crippen LogP contribution in [0.5, 0.6) is 0 Å². The van der Waals surface area contributed by atoms with E-state index in [2.05, 4.69) is 82.8 Å². The van der Waals surface area contributed by atoms with Gasteiger partial charge in [0.25, 0.3) is 0 Å². The topological polar surface area (TPSA) is 61.6 Å². The third-order valence-electron chi connectivity index (χ3n) is 5.69. The van der Waals surface area contributed by atoms with Crippen molar-refractivity contribution in [3.63, 3.8) is 0 Å². The SMILES string of the molecule is [3H]B(S)O[C@H]([C@@H]1N=C(OC)[C@@H](C(C)C)N=C1OC)[C@@H](C/C=C/I)O[Si](C)(C)C(C)(C)C. The van der Waals surface area contributed by atoms with Gasteiger partial charge in [0.05, 0.1) is 26.4 Å².